The van der Waals surface area contributed by atoms with E-state index in [9.17, 15) is 4.79 Å². The highest BCUT2D eigenvalue weighted by Gasteiger charge is 2.55. The zero-order chi connectivity index (χ0) is 10.4. The molecule has 0 unspecified atom stereocenters. The quantitative estimate of drug-likeness (QED) is 0.537. The van der Waals surface area contributed by atoms with Gasteiger partial charge >= 0.3 is 0 Å². The molecule has 76 valence electrons. The first-order valence-electron chi connectivity index (χ1n) is 5.34. The highest BCUT2D eigenvalue weighted by Crippen LogP contribution is 2.45. The maximum Gasteiger partial charge on any atom is 0.187 e. The first-order valence-corrected chi connectivity index (χ1v) is 5.34. The van der Waals surface area contributed by atoms with E-state index < -0.39 is 0 Å². The average Bonchev–Trinajstić information content (AvgIpc) is 2.90. The van der Waals surface area contributed by atoms with Crippen molar-refractivity contribution in [2.45, 2.75) is 24.9 Å². The summed E-state index contributed by atoms with van der Waals surface area (Å²) >= 11 is 0. The standard InChI is InChI=1S/C13H13NO/c1-9-7-8-11-12(14(9)11)13(15)10-5-3-2-4-6-10/h2-6,11-12H,1,7-8H2/t11-,12+,14?/m1/s1. The number of rotatable bonds is 2. The average molecular weight is 199 g/mol. The SMILES string of the molecule is C=C1CC[C@@H]2[C@@H](C(=O)c3ccccc3)N12. The van der Waals surface area contributed by atoms with Crippen LogP contribution >= 0.6 is 0 Å². The van der Waals surface area contributed by atoms with Crippen LogP contribution in [0.1, 0.15) is 23.2 Å². The number of ketones is 1. The van der Waals surface area contributed by atoms with Crippen LogP contribution in [0.4, 0.5) is 0 Å². The molecule has 2 heterocycles. The summed E-state index contributed by atoms with van der Waals surface area (Å²) in [5, 5.41) is 0. The van der Waals surface area contributed by atoms with Crippen molar-refractivity contribution in [3.63, 3.8) is 0 Å². The molecule has 2 aliphatic rings. The first-order chi connectivity index (χ1) is 7.29. The Hall–Kier alpha value is -1.57. The van der Waals surface area contributed by atoms with Crippen LogP contribution in [0.5, 0.6) is 0 Å². The third kappa shape index (κ3) is 1.21. The van der Waals surface area contributed by atoms with Crippen LogP contribution in [0.25, 0.3) is 0 Å². The summed E-state index contributed by atoms with van der Waals surface area (Å²) in [6.07, 6.45) is 2.16. The van der Waals surface area contributed by atoms with Crippen LogP contribution < -0.4 is 0 Å². The molecular formula is C13H13NO. The molecule has 2 atom stereocenters. The summed E-state index contributed by atoms with van der Waals surface area (Å²) in [6.45, 7) is 3.98. The number of hydrogen-bond acceptors (Lipinski definition) is 2. The minimum atomic E-state index is 0.0913. The van der Waals surface area contributed by atoms with E-state index in [1.165, 1.54) is 0 Å². The molecule has 0 aromatic heterocycles. The van der Waals surface area contributed by atoms with Crippen molar-refractivity contribution in [1.29, 1.82) is 0 Å². The number of nitrogens with zero attached hydrogens (tertiary/aromatic N) is 1. The minimum Gasteiger partial charge on any atom is -0.357 e. The summed E-state index contributed by atoms with van der Waals surface area (Å²) in [5.41, 5.74) is 1.96. The van der Waals surface area contributed by atoms with Crippen molar-refractivity contribution in [3.8, 4) is 0 Å². The molecule has 2 saturated heterocycles. The fourth-order valence-corrected chi connectivity index (χ4v) is 2.53. The molecule has 0 amide bonds. The van der Waals surface area contributed by atoms with E-state index in [2.05, 4.69) is 11.5 Å². The number of hydrogen-bond donors (Lipinski definition) is 0. The zero-order valence-electron chi connectivity index (χ0n) is 8.52. The maximum absolute atomic E-state index is 12.1. The van der Waals surface area contributed by atoms with Gasteiger partial charge in [0.05, 0.1) is 6.04 Å². The van der Waals surface area contributed by atoms with Gasteiger partial charge in [0.1, 0.15) is 6.04 Å². The van der Waals surface area contributed by atoms with Crippen LogP contribution in [-0.4, -0.2) is 22.8 Å². The summed E-state index contributed by atoms with van der Waals surface area (Å²) in [5.74, 6) is 0.251. The predicted octanol–water partition coefficient (Wildman–Crippen LogP) is 2.23. The van der Waals surface area contributed by atoms with Crippen LogP contribution in [0.15, 0.2) is 42.6 Å². The van der Waals surface area contributed by atoms with Gasteiger partial charge in [0, 0.05) is 11.3 Å². The second-order valence-corrected chi connectivity index (χ2v) is 4.25. The molecular weight excluding hydrogens is 186 g/mol. The van der Waals surface area contributed by atoms with E-state index in [4.69, 9.17) is 0 Å². The number of fused-ring (bicyclic) bond motifs is 1. The molecule has 3 rings (SSSR count). The zero-order valence-corrected chi connectivity index (χ0v) is 8.52. The molecule has 2 fully saturated rings. The lowest BCUT2D eigenvalue weighted by Gasteiger charge is -2.04. The van der Waals surface area contributed by atoms with E-state index in [0.717, 1.165) is 24.1 Å². The largest absolute Gasteiger partial charge is 0.357 e. The summed E-state index contributed by atoms with van der Waals surface area (Å²) in [6, 6.07) is 10.1. The van der Waals surface area contributed by atoms with Gasteiger partial charge in [-0.05, 0) is 12.8 Å². The number of benzene rings is 1. The molecule has 1 aromatic rings. The van der Waals surface area contributed by atoms with Crippen LogP contribution in [-0.2, 0) is 0 Å². The normalized spacial score (nSPS) is 27.7. The van der Waals surface area contributed by atoms with Crippen molar-refractivity contribution < 1.29 is 4.79 Å². The third-order valence-corrected chi connectivity index (χ3v) is 3.35. The number of carbonyl (C=O) groups is 1. The second-order valence-electron chi connectivity index (χ2n) is 4.25. The van der Waals surface area contributed by atoms with Gasteiger partial charge in [0.25, 0.3) is 0 Å². The summed E-state index contributed by atoms with van der Waals surface area (Å²) in [4.78, 5) is 14.2. The topological polar surface area (TPSA) is 20.1 Å². The van der Waals surface area contributed by atoms with Gasteiger partial charge in [0.15, 0.2) is 5.78 Å². The molecule has 0 bridgehead atoms. The molecule has 2 heteroatoms. The number of allylic oxidation sites excluding steroid dienone is 1. The van der Waals surface area contributed by atoms with Gasteiger partial charge in [-0.1, -0.05) is 36.9 Å². The monoisotopic (exact) mass is 199 g/mol. The molecule has 1 aromatic carbocycles. The predicted molar refractivity (Wildman–Crippen MR) is 58.6 cm³/mol. The highest BCUT2D eigenvalue weighted by molar-refractivity contribution is 6.03. The Morgan fingerprint density at radius 3 is 2.67 bits per heavy atom. The minimum absolute atomic E-state index is 0.0913. The van der Waals surface area contributed by atoms with Crippen molar-refractivity contribution in [2.75, 3.05) is 0 Å². The van der Waals surface area contributed by atoms with E-state index in [0.29, 0.717) is 6.04 Å². The van der Waals surface area contributed by atoms with Crippen molar-refractivity contribution in [3.05, 3.63) is 48.2 Å². The fraction of sp³-hybridized carbons (Fsp3) is 0.308. The third-order valence-electron chi connectivity index (χ3n) is 3.35. The highest BCUT2D eigenvalue weighted by atomic mass is 16.1. The molecule has 15 heavy (non-hydrogen) atoms. The van der Waals surface area contributed by atoms with E-state index in [-0.39, 0.29) is 11.8 Å². The molecule has 0 radical (unpaired) electrons. The summed E-state index contributed by atoms with van der Waals surface area (Å²) < 4.78 is 0. The van der Waals surface area contributed by atoms with E-state index in [1.54, 1.807) is 0 Å². The number of piperidine rings is 1. The van der Waals surface area contributed by atoms with Gasteiger partial charge in [-0.15, -0.1) is 0 Å². The van der Waals surface area contributed by atoms with Gasteiger partial charge in [-0.3, -0.25) is 4.79 Å². The van der Waals surface area contributed by atoms with Gasteiger partial charge in [0.2, 0.25) is 0 Å². The molecule has 0 saturated carbocycles. The number of Topliss-reactive ketones (excluding diaryl/α,β-unsaturated/α-hetero) is 1. The van der Waals surface area contributed by atoms with Gasteiger partial charge < -0.3 is 4.90 Å². The van der Waals surface area contributed by atoms with Crippen LogP contribution in [0, 0.1) is 0 Å². The molecule has 0 aliphatic carbocycles. The Balaban J connectivity index is 1.81. The fourth-order valence-electron chi connectivity index (χ4n) is 2.53. The molecule has 2 nitrogen and oxygen atoms in total. The van der Waals surface area contributed by atoms with Crippen molar-refractivity contribution >= 4 is 5.78 Å². The van der Waals surface area contributed by atoms with E-state index in [1.807, 2.05) is 30.3 Å². The molecule has 0 spiro atoms. The smallest absolute Gasteiger partial charge is 0.187 e. The Bertz CT molecular complexity index is 423. The Kier molecular flexibility index (Phi) is 1.72. The van der Waals surface area contributed by atoms with E-state index >= 15 is 0 Å². The molecule has 2 aliphatic heterocycles. The second kappa shape index (κ2) is 2.96. The lowest BCUT2D eigenvalue weighted by molar-refractivity contribution is 0.0975. The molecule has 0 N–H and O–H groups in total. The lowest BCUT2D eigenvalue weighted by atomic mass is 10.0. The van der Waals surface area contributed by atoms with Crippen molar-refractivity contribution in [1.82, 2.24) is 4.90 Å². The maximum atomic E-state index is 12.1. The lowest BCUT2D eigenvalue weighted by Crippen LogP contribution is -2.14. The van der Waals surface area contributed by atoms with Gasteiger partial charge in [-0.25, -0.2) is 0 Å². The summed E-state index contributed by atoms with van der Waals surface area (Å²) in [7, 11) is 0. The van der Waals surface area contributed by atoms with Crippen LogP contribution in [0.3, 0.4) is 0 Å². The Labute approximate surface area is 89.2 Å². The van der Waals surface area contributed by atoms with Crippen molar-refractivity contribution in [2.24, 2.45) is 0 Å². The van der Waals surface area contributed by atoms with Gasteiger partial charge in [-0.2, -0.15) is 0 Å². The first kappa shape index (κ1) is 8.72. The Morgan fingerprint density at radius 2 is 2.07 bits per heavy atom. The van der Waals surface area contributed by atoms with Crippen LogP contribution in [0.2, 0.25) is 0 Å². The number of carbonyl (C=O) groups excluding carboxylic acids is 1. The Morgan fingerprint density at radius 1 is 1.33 bits per heavy atom.